The highest BCUT2D eigenvalue weighted by atomic mass is 16.5. The van der Waals surface area contributed by atoms with Crippen LogP contribution in [-0.2, 0) is 6.54 Å². The van der Waals surface area contributed by atoms with E-state index in [2.05, 4.69) is 10.3 Å². The highest BCUT2D eigenvalue weighted by Gasteiger charge is 2.21. The Morgan fingerprint density at radius 3 is 2.73 bits per heavy atom. The van der Waals surface area contributed by atoms with Crippen LogP contribution < -0.4 is 10.5 Å². The summed E-state index contributed by atoms with van der Waals surface area (Å²) in [5.41, 5.74) is 7.49. The molecule has 0 aliphatic rings. The van der Waals surface area contributed by atoms with Gasteiger partial charge in [-0.2, -0.15) is 0 Å². The van der Waals surface area contributed by atoms with Gasteiger partial charge in [0.1, 0.15) is 11.4 Å². The van der Waals surface area contributed by atoms with Gasteiger partial charge >= 0.3 is 5.97 Å². The Hall–Kier alpha value is -2.57. The van der Waals surface area contributed by atoms with Crippen LogP contribution in [0.4, 0.5) is 5.69 Å². The maximum absolute atomic E-state index is 11.3. The van der Waals surface area contributed by atoms with Gasteiger partial charge < -0.3 is 15.6 Å². The van der Waals surface area contributed by atoms with E-state index >= 15 is 0 Å². The Morgan fingerprint density at radius 1 is 1.45 bits per heavy atom. The number of nitrogens with zero attached hydrogens (tertiary/aromatic N) is 3. The van der Waals surface area contributed by atoms with E-state index < -0.39 is 5.97 Å². The number of rotatable bonds is 6. The highest BCUT2D eigenvalue weighted by molar-refractivity contribution is 5.93. The molecule has 0 atom stereocenters. The Labute approximate surface area is 128 Å². The predicted octanol–water partition coefficient (Wildman–Crippen LogP) is 2.42. The van der Waals surface area contributed by atoms with Gasteiger partial charge in [-0.25, -0.2) is 9.48 Å². The molecule has 0 aliphatic carbocycles. The van der Waals surface area contributed by atoms with Crippen molar-refractivity contribution in [3.05, 3.63) is 23.9 Å². The van der Waals surface area contributed by atoms with Crippen LogP contribution in [0.15, 0.2) is 18.2 Å². The van der Waals surface area contributed by atoms with Crippen LogP contribution in [0.25, 0.3) is 11.3 Å². The van der Waals surface area contributed by atoms with Crippen molar-refractivity contribution in [1.29, 1.82) is 0 Å². The van der Waals surface area contributed by atoms with Crippen LogP contribution in [0.1, 0.15) is 37.7 Å². The molecule has 22 heavy (non-hydrogen) atoms. The van der Waals surface area contributed by atoms with E-state index in [1.807, 2.05) is 20.8 Å². The van der Waals surface area contributed by atoms with E-state index in [9.17, 15) is 9.90 Å². The van der Waals surface area contributed by atoms with Crippen molar-refractivity contribution in [1.82, 2.24) is 15.0 Å². The summed E-state index contributed by atoms with van der Waals surface area (Å²) in [6, 6.07) is 5.19. The number of aromatic nitrogens is 3. The average Bonchev–Trinajstić information content (AvgIpc) is 2.85. The summed E-state index contributed by atoms with van der Waals surface area (Å²) < 4.78 is 7.18. The zero-order valence-corrected chi connectivity index (χ0v) is 12.9. The van der Waals surface area contributed by atoms with Crippen LogP contribution in [0.3, 0.4) is 0 Å². The summed E-state index contributed by atoms with van der Waals surface area (Å²) in [6.07, 6.45) is 0.828. The first kappa shape index (κ1) is 15.8. The molecule has 1 aromatic heterocycles. The van der Waals surface area contributed by atoms with Crippen molar-refractivity contribution in [2.45, 2.75) is 39.8 Å². The van der Waals surface area contributed by atoms with Gasteiger partial charge in [0.2, 0.25) is 0 Å². The van der Waals surface area contributed by atoms with Gasteiger partial charge in [0.15, 0.2) is 5.69 Å². The number of anilines is 1. The van der Waals surface area contributed by atoms with Gasteiger partial charge in [-0.15, -0.1) is 5.10 Å². The van der Waals surface area contributed by atoms with Gasteiger partial charge in [0, 0.05) is 12.1 Å². The van der Waals surface area contributed by atoms with Crippen LogP contribution in [-0.4, -0.2) is 32.2 Å². The van der Waals surface area contributed by atoms with Crippen LogP contribution in [0.2, 0.25) is 0 Å². The molecule has 0 fully saturated rings. The summed E-state index contributed by atoms with van der Waals surface area (Å²) in [5.74, 6) is -0.538. The Morgan fingerprint density at radius 2 is 2.18 bits per heavy atom. The molecule has 118 valence electrons. The number of benzene rings is 1. The minimum absolute atomic E-state index is 0.00927. The Kier molecular flexibility index (Phi) is 4.65. The first-order chi connectivity index (χ1) is 10.4. The molecule has 0 bridgehead atoms. The number of aryl methyl sites for hydroxylation is 1. The molecule has 0 unspecified atom stereocenters. The first-order valence-electron chi connectivity index (χ1n) is 7.17. The third kappa shape index (κ3) is 3.19. The lowest BCUT2D eigenvalue weighted by Gasteiger charge is -2.13. The summed E-state index contributed by atoms with van der Waals surface area (Å²) in [7, 11) is 0. The predicted molar refractivity (Wildman–Crippen MR) is 82.9 cm³/mol. The topological polar surface area (TPSA) is 103 Å². The summed E-state index contributed by atoms with van der Waals surface area (Å²) in [6.45, 7) is 6.39. The number of aromatic carboxylic acids is 1. The number of carboxylic acids is 1. The SMILES string of the molecule is CCCn1nnc(C(=O)O)c1-c1ccc(OC(C)C)c(N)c1. The zero-order valence-electron chi connectivity index (χ0n) is 12.9. The fraction of sp³-hybridized carbons (Fsp3) is 0.400. The van der Waals surface area contributed by atoms with Crippen molar-refractivity contribution in [3.8, 4) is 17.0 Å². The summed E-state index contributed by atoms with van der Waals surface area (Å²) in [5, 5.41) is 16.9. The van der Waals surface area contributed by atoms with E-state index in [1.165, 1.54) is 0 Å². The maximum Gasteiger partial charge on any atom is 0.358 e. The third-order valence-electron chi connectivity index (χ3n) is 3.02. The van der Waals surface area contributed by atoms with E-state index in [0.29, 0.717) is 29.2 Å². The zero-order chi connectivity index (χ0) is 16.3. The number of carboxylic acid groups (broad SMARTS) is 1. The molecular formula is C15H20N4O3. The molecule has 0 aliphatic heterocycles. The molecular weight excluding hydrogens is 284 g/mol. The standard InChI is InChI=1S/C15H20N4O3/c1-4-7-19-14(13(15(20)21)17-18-19)10-5-6-12(11(16)8-10)22-9(2)3/h5-6,8-9H,4,7,16H2,1-3H3,(H,20,21). The molecule has 7 nitrogen and oxygen atoms in total. The number of hydrogen-bond acceptors (Lipinski definition) is 5. The number of ether oxygens (including phenoxy) is 1. The molecule has 0 amide bonds. The lowest BCUT2D eigenvalue weighted by molar-refractivity contribution is 0.0691. The largest absolute Gasteiger partial charge is 0.489 e. The molecule has 0 saturated heterocycles. The highest BCUT2D eigenvalue weighted by Crippen LogP contribution is 2.30. The minimum Gasteiger partial charge on any atom is -0.489 e. The van der Waals surface area contributed by atoms with E-state index in [1.54, 1.807) is 22.9 Å². The van der Waals surface area contributed by atoms with E-state index in [0.717, 1.165) is 6.42 Å². The molecule has 2 rings (SSSR count). The molecule has 1 heterocycles. The molecule has 0 radical (unpaired) electrons. The molecule has 0 spiro atoms. The molecule has 2 aromatic rings. The third-order valence-corrected chi connectivity index (χ3v) is 3.02. The van der Waals surface area contributed by atoms with Gasteiger partial charge in [-0.3, -0.25) is 0 Å². The first-order valence-corrected chi connectivity index (χ1v) is 7.17. The average molecular weight is 304 g/mol. The lowest BCUT2D eigenvalue weighted by atomic mass is 10.1. The molecule has 3 N–H and O–H groups in total. The van der Waals surface area contributed by atoms with Gasteiger partial charge in [0.05, 0.1) is 11.8 Å². The normalized spacial score (nSPS) is 10.9. The Balaban J connectivity index is 2.49. The summed E-state index contributed by atoms with van der Waals surface area (Å²) in [4.78, 5) is 11.3. The van der Waals surface area contributed by atoms with Crippen LogP contribution in [0, 0.1) is 0 Å². The fourth-order valence-electron chi connectivity index (χ4n) is 2.17. The second-order valence-corrected chi connectivity index (χ2v) is 5.23. The lowest BCUT2D eigenvalue weighted by Crippen LogP contribution is -2.08. The van der Waals surface area contributed by atoms with Crippen molar-refractivity contribution >= 4 is 11.7 Å². The van der Waals surface area contributed by atoms with Crippen molar-refractivity contribution in [3.63, 3.8) is 0 Å². The fourth-order valence-corrected chi connectivity index (χ4v) is 2.17. The monoisotopic (exact) mass is 304 g/mol. The van der Waals surface area contributed by atoms with E-state index in [-0.39, 0.29) is 11.8 Å². The Bertz CT molecular complexity index is 679. The van der Waals surface area contributed by atoms with Gasteiger partial charge in [-0.05, 0) is 38.5 Å². The minimum atomic E-state index is -1.11. The second kappa shape index (κ2) is 6.46. The van der Waals surface area contributed by atoms with Crippen LogP contribution in [0.5, 0.6) is 5.75 Å². The van der Waals surface area contributed by atoms with Crippen molar-refractivity contribution in [2.24, 2.45) is 0 Å². The molecule has 0 saturated carbocycles. The quantitative estimate of drug-likeness (QED) is 0.794. The second-order valence-electron chi connectivity index (χ2n) is 5.23. The smallest absolute Gasteiger partial charge is 0.358 e. The maximum atomic E-state index is 11.3. The number of nitrogen functional groups attached to an aromatic ring is 1. The number of carbonyl (C=O) groups is 1. The number of hydrogen-bond donors (Lipinski definition) is 2. The molecule has 7 heteroatoms. The summed E-state index contributed by atoms with van der Waals surface area (Å²) >= 11 is 0. The van der Waals surface area contributed by atoms with E-state index in [4.69, 9.17) is 10.5 Å². The van der Waals surface area contributed by atoms with Gasteiger partial charge in [0.25, 0.3) is 0 Å². The molecule has 1 aromatic carbocycles. The van der Waals surface area contributed by atoms with Crippen molar-refractivity contribution in [2.75, 3.05) is 5.73 Å². The van der Waals surface area contributed by atoms with Crippen LogP contribution >= 0.6 is 0 Å². The van der Waals surface area contributed by atoms with Crippen molar-refractivity contribution < 1.29 is 14.6 Å². The number of nitrogens with two attached hydrogens (primary N) is 1. The van der Waals surface area contributed by atoms with Gasteiger partial charge in [-0.1, -0.05) is 12.1 Å².